The molecule has 0 bridgehead atoms. The van der Waals surface area contributed by atoms with Crippen molar-refractivity contribution in [3.8, 4) is 11.5 Å². The van der Waals surface area contributed by atoms with Gasteiger partial charge in [-0.2, -0.15) is 0 Å². The van der Waals surface area contributed by atoms with Crippen molar-refractivity contribution in [2.45, 2.75) is 19.3 Å². The summed E-state index contributed by atoms with van der Waals surface area (Å²) in [5.41, 5.74) is 1.06. The topological polar surface area (TPSA) is 78.3 Å². The highest BCUT2D eigenvalue weighted by Gasteiger charge is 2.24. The second kappa shape index (κ2) is 6.68. The van der Waals surface area contributed by atoms with E-state index >= 15 is 0 Å². The maximum Gasteiger partial charge on any atom is 0.273 e. The van der Waals surface area contributed by atoms with Crippen LogP contribution in [0.3, 0.4) is 0 Å². The molecule has 1 N–H and O–H groups in total. The molecule has 0 unspecified atom stereocenters. The van der Waals surface area contributed by atoms with Gasteiger partial charge in [-0.25, -0.2) is 0 Å². The van der Waals surface area contributed by atoms with Crippen molar-refractivity contribution in [1.82, 2.24) is 20.3 Å². The number of ether oxygens (including phenoxy) is 2. The minimum atomic E-state index is -0.280. The van der Waals surface area contributed by atoms with Gasteiger partial charge in [-0.3, -0.25) is 9.48 Å². The van der Waals surface area contributed by atoms with E-state index in [-0.39, 0.29) is 11.3 Å². The summed E-state index contributed by atoms with van der Waals surface area (Å²) in [6.07, 6.45) is 1.58. The van der Waals surface area contributed by atoms with Crippen LogP contribution < -0.4 is 14.8 Å². The SMILES string of the molecule is COc1ccc(C(C)(C)CNC(=O)c2cn(C)nn2)cc1OC. The molecular formula is C16H22N4O3. The normalized spacial score (nSPS) is 11.2. The number of aromatic nitrogens is 3. The lowest BCUT2D eigenvalue weighted by atomic mass is 9.84. The number of carbonyl (C=O) groups is 1. The molecule has 124 valence electrons. The zero-order valence-corrected chi connectivity index (χ0v) is 14.1. The molecule has 0 aliphatic heterocycles. The van der Waals surface area contributed by atoms with Gasteiger partial charge in [-0.15, -0.1) is 5.10 Å². The summed E-state index contributed by atoms with van der Waals surface area (Å²) >= 11 is 0. The van der Waals surface area contributed by atoms with Gasteiger partial charge >= 0.3 is 0 Å². The molecule has 1 heterocycles. The Hall–Kier alpha value is -2.57. The van der Waals surface area contributed by atoms with Crippen molar-refractivity contribution in [1.29, 1.82) is 0 Å². The van der Waals surface area contributed by atoms with E-state index in [9.17, 15) is 4.79 Å². The zero-order chi connectivity index (χ0) is 17.0. The summed E-state index contributed by atoms with van der Waals surface area (Å²) < 4.78 is 12.1. The van der Waals surface area contributed by atoms with Gasteiger partial charge < -0.3 is 14.8 Å². The number of rotatable bonds is 6. The van der Waals surface area contributed by atoms with E-state index in [1.807, 2.05) is 32.0 Å². The fourth-order valence-electron chi connectivity index (χ4n) is 2.20. The van der Waals surface area contributed by atoms with Crippen LogP contribution in [0, 0.1) is 0 Å². The molecule has 0 aliphatic rings. The smallest absolute Gasteiger partial charge is 0.273 e. The van der Waals surface area contributed by atoms with E-state index in [2.05, 4.69) is 15.6 Å². The number of nitrogens with zero attached hydrogens (tertiary/aromatic N) is 3. The minimum absolute atomic E-state index is 0.244. The Morgan fingerprint density at radius 2 is 1.96 bits per heavy atom. The molecule has 23 heavy (non-hydrogen) atoms. The van der Waals surface area contributed by atoms with Gasteiger partial charge in [0.2, 0.25) is 0 Å². The van der Waals surface area contributed by atoms with Crippen LogP contribution in [-0.2, 0) is 12.5 Å². The first-order chi connectivity index (χ1) is 10.9. The van der Waals surface area contributed by atoms with Crippen LogP contribution >= 0.6 is 0 Å². The third kappa shape index (κ3) is 3.80. The number of carbonyl (C=O) groups excluding carboxylic acids is 1. The van der Waals surface area contributed by atoms with Gasteiger partial charge in [0, 0.05) is 19.0 Å². The monoisotopic (exact) mass is 318 g/mol. The van der Waals surface area contributed by atoms with E-state index < -0.39 is 0 Å². The minimum Gasteiger partial charge on any atom is -0.493 e. The number of hydrogen-bond acceptors (Lipinski definition) is 5. The zero-order valence-electron chi connectivity index (χ0n) is 14.1. The first-order valence-electron chi connectivity index (χ1n) is 7.24. The molecule has 0 spiro atoms. The molecule has 0 atom stereocenters. The highest BCUT2D eigenvalue weighted by molar-refractivity contribution is 5.91. The number of aryl methyl sites for hydroxylation is 1. The van der Waals surface area contributed by atoms with Crippen LogP contribution in [0.2, 0.25) is 0 Å². The Morgan fingerprint density at radius 1 is 1.26 bits per heavy atom. The van der Waals surface area contributed by atoms with Crippen LogP contribution in [0.4, 0.5) is 0 Å². The first kappa shape index (κ1) is 16.8. The fourth-order valence-corrected chi connectivity index (χ4v) is 2.20. The molecular weight excluding hydrogens is 296 g/mol. The van der Waals surface area contributed by atoms with E-state index in [1.165, 1.54) is 4.68 Å². The highest BCUT2D eigenvalue weighted by atomic mass is 16.5. The molecule has 7 heteroatoms. The van der Waals surface area contributed by atoms with Crippen molar-refractivity contribution in [2.24, 2.45) is 7.05 Å². The van der Waals surface area contributed by atoms with Gasteiger partial charge in [-0.05, 0) is 17.7 Å². The van der Waals surface area contributed by atoms with Crippen LogP contribution in [0.25, 0.3) is 0 Å². The number of methoxy groups -OCH3 is 2. The lowest BCUT2D eigenvalue weighted by Gasteiger charge is -2.26. The first-order valence-corrected chi connectivity index (χ1v) is 7.24. The number of nitrogens with one attached hydrogen (secondary N) is 1. The van der Waals surface area contributed by atoms with Crippen LogP contribution in [0.5, 0.6) is 11.5 Å². The molecule has 0 fully saturated rings. The molecule has 7 nitrogen and oxygen atoms in total. The maximum atomic E-state index is 12.1. The molecule has 2 rings (SSSR count). The lowest BCUT2D eigenvalue weighted by Crippen LogP contribution is -2.36. The predicted octanol–water partition coefficient (Wildman–Crippen LogP) is 1.54. The maximum absolute atomic E-state index is 12.1. The molecule has 0 saturated carbocycles. The molecule has 0 aliphatic carbocycles. The Balaban J connectivity index is 2.10. The lowest BCUT2D eigenvalue weighted by molar-refractivity contribution is 0.0940. The molecule has 0 radical (unpaired) electrons. The van der Waals surface area contributed by atoms with Crippen LogP contribution in [0.1, 0.15) is 29.9 Å². The molecule has 1 amide bonds. The average Bonchev–Trinajstić information content (AvgIpc) is 2.98. The third-order valence-electron chi connectivity index (χ3n) is 3.69. The van der Waals surface area contributed by atoms with Crippen LogP contribution in [0.15, 0.2) is 24.4 Å². The van der Waals surface area contributed by atoms with Crippen molar-refractivity contribution in [3.63, 3.8) is 0 Å². The Labute approximate surface area is 135 Å². The average molecular weight is 318 g/mol. The second-order valence-corrected chi connectivity index (χ2v) is 5.91. The summed E-state index contributed by atoms with van der Waals surface area (Å²) in [5, 5.41) is 10.5. The van der Waals surface area contributed by atoms with E-state index in [1.54, 1.807) is 27.5 Å². The number of benzene rings is 1. The fraction of sp³-hybridized carbons (Fsp3) is 0.438. The summed E-state index contributed by atoms with van der Waals surface area (Å²) in [7, 11) is 4.92. The highest BCUT2D eigenvalue weighted by Crippen LogP contribution is 2.32. The van der Waals surface area contributed by atoms with Crippen molar-refractivity contribution in [3.05, 3.63) is 35.7 Å². The Kier molecular flexibility index (Phi) is 4.88. The van der Waals surface area contributed by atoms with E-state index in [4.69, 9.17) is 9.47 Å². The molecule has 1 aromatic heterocycles. The predicted molar refractivity (Wildman–Crippen MR) is 85.9 cm³/mol. The second-order valence-electron chi connectivity index (χ2n) is 5.91. The number of hydrogen-bond donors (Lipinski definition) is 1. The molecule has 0 saturated heterocycles. The van der Waals surface area contributed by atoms with Gasteiger partial charge in [0.25, 0.3) is 5.91 Å². The largest absolute Gasteiger partial charge is 0.493 e. The van der Waals surface area contributed by atoms with Crippen molar-refractivity contribution >= 4 is 5.91 Å². The van der Waals surface area contributed by atoms with Gasteiger partial charge in [0.05, 0.1) is 20.4 Å². The van der Waals surface area contributed by atoms with Gasteiger partial charge in [0.15, 0.2) is 17.2 Å². The molecule has 1 aromatic carbocycles. The van der Waals surface area contributed by atoms with Crippen molar-refractivity contribution in [2.75, 3.05) is 20.8 Å². The van der Waals surface area contributed by atoms with E-state index in [0.717, 1.165) is 5.56 Å². The Bertz CT molecular complexity index is 694. The standard InChI is InChI=1S/C16H22N4O3/c1-16(2,10-17-15(21)12-9-20(3)19-18-12)11-6-7-13(22-4)14(8-11)23-5/h6-9H,10H2,1-5H3,(H,17,21). The number of amides is 1. The quantitative estimate of drug-likeness (QED) is 0.874. The summed E-state index contributed by atoms with van der Waals surface area (Å²) in [4.78, 5) is 12.1. The summed E-state index contributed by atoms with van der Waals surface area (Å²) in [5.74, 6) is 1.10. The van der Waals surface area contributed by atoms with E-state index in [0.29, 0.717) is 23.7 Å². The van der Waals surface area contributed by atoms with Gasteiger partial charge in [0.1, 0.15) is 0 Å². The molecule has 2 aromatic rings. The summed E-state index contributed by atoms with van der Waals surface area (Å²) in [6, 6.07) is 5.75. The third-order valence-corrected chi connectivity index (χ3v) is 3.69. The van der Waals surface area contributed by atoms with Crippen molar-refractivity contribution < 1.29 is 14.3 Å². The van der Waals surface area contributed by atoms with Crippen LogP contribution in [-0.4, -0.2) is 41.7 Å². The van der Waals surface area contributed by atoms with Gasteiger partial charge in [-0.1, -0.05) is 25.1 Å². The Morgan fingerprint density at radius 3 is 2.52 bits per heavy atom. The summed E-state index contributed by atoms with van der Waals surface area (Å²) in [6.45, 7) is 4.55.